The number of carbonyl (C=O) groups is 2. The number of esters is 1. The first-order valence-corrected chi connectivity index (χ1v) is 12.0. The monoisotopic (exact) mass is 541 g/mol. The number of aromatic nitrogens is 2. The van der Waals surface area contributed by atoms with Crippen molar-refractivity contribution in [1.29, 1.82) is 0 Å². The van der Waals surface area contributed by atoms with E-state index < -0.39 is 60.3 Å². The maximum absolute atomic E-state index is 14.4. The molecule has 1 heterocycles. The van der Waals surface area contributed by atoms with Crippen molar-refractivity contribution < 1.29 is 23.1 Å². The van der Waals surface area contributed by atoms with E-state index in [0.29, 0.717) is 16.5 Å². The van der Waals surface area contributed by atoms with Crippen LogP contribution < -0.4 is 10.9 Å². The molecule has 1 saturated carbocycles. The van der Waals surface area contributed by atoms with Crippen LogP contribution in [0.25, 0.3) is 10.8 Å². The Bertz CT molecular complexity index is 1160. The van der Waals surface area contributed by atoms with Gasteiger partial charge in [0.1, 0.15) is 12.1 Å². The number of alkyl halides is 2. The van der Waals surface area contributed by atoms with Crippen molar-refractivity contribution >= 4 is 38.6 Å². The van der Waals surface area contributed by atoms with E-state index in [-0.39, 0.29) is 12.3 Å². The third-order valence-electron chi connectivity index (χ3n) is 5.56. The number of hydrogen-bond acceptors (Lipinski definition) is 5. The molecule has 0 bridgehead atoms. The van der Waals surface area contributed by atoms with Gasteiger partial charge in [-0.15, -0.1) is 0 Å². The smallest absolute Gasteiger partial charge is 0.309 e. The van der Waals surface area contributed by atoms with Crippen LogP contribution in [0.3, 0.4) is 0 Å². The molecule has 34 heavy (non-hydrogen) atoms. The van der Waals surface area contributed by atoms with Gasteiger partial charge in [0.05, 0.1) is 17.0 Å². The molecule has 3 rings (SSSR count). The van der Waals surface area contributed by atoms with Crippen LogP contribution in [0.15, 0.2) is 27.5 Å². The van der Waals surface area contributed by atoms with Gasteiger partial charge in [0.15, 0.2) is 0 Å². The summed E-state index contributed by atoms with van der Waals surface area (Å²) < 4.78 is 35.9. The fraction of sp³-hybridized carbons (Fsp3) is 0.583. The highest BCUT2D eigenvalue weighted by Crippen LogP contribution is 2.38. The van der Waals surface area contributed by atoms with Gasteiger partial charge < -0.3 is 10.1 Å². The molecule has 1 N–H and O–H groups in total. The molecule has 0 radical (unpaired) electrons. The lowest BCUT2D eigenvalue weighted by Gasteiger charge is -2.35. The molecule has 1 aromatic heterocycles. The minimum Gasteiger partial charge on any atom is -0.460 e. The molecule has 1 aromatic carbocycles. The van der Waals surface area contributed by atoms with Crippen molar-refractivity contribution in [1.82, 2.24) is 15.1 Å². The van der Waals surface area contributed by atoms with Crippen LogP contribution >= 0.6 is 15.9 Å². The van der Waals surface area contributed by atoms with E-state index in [2.05, 4.69) is 26.3 Å². The topological polar surface area (TPSA) is 90.3 Å². The van der Waals surface area contributed by atoms with Gasteiger partial charge in [-0.25, -0.2) is 13.5 Å². The molecule has 2 atom stereocenters. The highest BCUT2D eigenvalue weighted by Gasteiger charge is 2.45. The summed E-state index contributed by atoms with van der Waals surface area (Å²) in [7, 11) is 0. The predicted octanol–water partition coefficient (Wildman–Crippen LogP) is 4.54. The standard InChI is InChI=1S/C24H30BrF2N3O4/c1-13(2)20-18-9-15(25)6-7-17(18)21(32)30(29-20)12-19(31)28-16-8-14(10-24(26,27)11-16)22(33)34-23(3,4)5/h6-7,9,13-14,16H,8,10-12H2,1-5H3,(H,28,31)/t14?,16-/m0/s1. The molecule has 0 aliphatic heterocycles. The molecule has 0 saturated heterocycles. The molecule has 186 valence electrons. The number of halogens is 3. The third-order valence-corrected chi connectivity index (χ3v) is 6.05. The first kappa shape index (κ1) is 26.2. The van der Waals surface area contributed by atoms with Crippen molar-refractivity contribution in [3.05, 3.63) is 38.7 Å². The van der Waals surface area contributed by atoms with Crippen LogP contribution in [-0.4, -0.2) is 39.2 Å². The molecule has 0 spiro atoms. The van der Waals surface area contributed by atoms with Gasteiger partial charge in [0.2, 0.25) is 5.91 Å². The van der Waals surface area contributed by atoms with Crippen LogP contribution in [0, 0.1) is 5.92 Å². The normalized spacial score (nSPS) is 20.4. The van der Waals surface area contributed by atoms with Crippen molar-refractivity contribution in [2.45, 2.75) is 83.9 Å². The van der Waals surface area contributed by atoms with E-state index in [4.69, 9.17) is 4.74 Å². The molecule has 10 heteroatoms. The zero-order valence-electron chi connectivity index (χ0n) is 20.0. The zero-order chi connectivity index (χ0) is 25.4. The maximum Gasteiger partial charge on any atom is 0.309 e. The van der Waals surface area contributed by atoms with E-state index in [1.54, 1.807) is 32.9 Å². The Balaban J connectivity index is 1.79. The van der Waals surface area contributed by atoms with E-state index in [1.165, 1.54) is 0 Å². The number of carbonyl (C=O) groups excluding carboxylic acids is 2. The molecular weight excluding hydrogens is 512 g/mol. The fourth-order valence-corrected chi connectivity index (χ4v) is 4.58. The first-order valence-electron chi connectivity index (χ1n) is 11.3. The van der Waals surface area contributed by atoms with Crippen LogP contribution in [-0.2, 0) is 20.9 Å². The average Bonchev–Trinajstić information content (AvgIpc) is 2.67. The van der Waals surface area contributed by atoms with E-state index >= 15 is 0 Å². The van der Waals surface area contributed by atoms with Crippen LogP contribution in [0.5, 0.6) is 0 Å². The first-order chi connectivity index (χ1) is 15.6. The second-order valence-electron chi connectivity index (χ2n) is 10.2. The van der Waals surface area contributed by atoms with Crippen LogP contribution in [0.2, 0.25) is 0 Å². The summed E-state index contributed by atoms with van der Waals surface area (Å²) in [5.41, 5.74) is -0.588. The quantitative estimate of drug-likeness (QED) is 0.561. The van der Waals surface area contributed by atoms with Gasteiger partial charge >= 0.3 is 5.97 Å². The number of hydrogen-bond donors (Lipinski definition) is 1. The Labute approximate surface area is 205 Å². The molecule has 1 aliphatic rings. The lowest BCUT2D eigenvalue weighted by Crippen LogP contribution is -2.48. The second-order valence-corrected chi connectivity index (χ2v) is 11.1. The van der Waals surface area contributed by atoms with Gasteiger partial charge in [-0.05, 0) is 51.3 Å². The molecule has 1 aliphatic carbocycles. The number of nitrogens with one attached hydrogen (secondary N) is 1. The fourth-order valence-electron chi connectivity index (χ4n) is 4.22. The SMILES string of the molecule is CC(C)c1nn(CC(=O)N[C@H]2CC(C(=O)OC(C)(C)C)CC(F)(F)C2)c(=O)c2ccc(Br)cc12. The van der Waals surface area contributed by atoms with Gasteiger partial charge in [-0.3, -0.25) is 14.4 Å². The van der Waals surface area contributed by atoms with Crippen molar-refractivity contribution in [3.63, 3.8) is 0 Å². The van der Waals surface area contributed by atoms with Gasteiger partial charge in [-0.2, -0.15) is 5.10 Å². The van der Waals surface area contributed by atoms with Crippen LogP contribution in [0.4, 0.5) is 8.78 Å². The molecule has 1 fully saturated rings. The summed E-state index contributed by atoms with van der Waals surface area (Å²) in [4.78, 5) is 38.1. The summed E-state index contributed by atoms with van der Waals surface area (Å²) >= 11 is 3.40. The molecule has 1 unspecified atom stereocenters. The minimum atomic E-state index is -3.12. The molecule has 1 amide bonds. The summed E-state index contributed by atoms with van der Waals surface area (Å²) in [6.45, 7) is 8.46. The largest absolute Gasteiger partial charge is 0.460 e. The zero-order valence-corrected chi connectivity index (χ0v) is 21.5. The number of ether oxygens (including phenoxy) is 1. The van der Waals surface area contributed by atoms with Gasteiger partial charge in [0, 0.05) is 28.7 Å². The predicted molar refractivity (Wildman–Crippen MR) is 128 cm³/mol. The van der Waals surface area contributed by atoms with E-state index in [9.17, 15) is 23.2 Å². The minimum absolute atomic E-state index is 0.0154. The Kier molecular flexibility index (Phi) is 7.50. The average molecular weight is 542 g/mol. The Hall–Kier alpha value is -2.36. The Morgan fingerprint density at radius 3 is 2.56 bits per heavy atom. The number of benzene rings is 1. The summed E-state index contributed by atoms with van der Waals surface area (Å²) in [5.74, 6) is -5.48. The molecule has 2 aromatic rings. The lowest BCUT2D eigenvalue weighted by atomic mass is 9.83. The van der Waals surface area contributed by atoms with Crippen LogP contribution in [0.1, 0.15) is 65.5 Å². The Morgan fingerprint density at radius 1 is 1.26 bits per heavy atom. The van der Waals surface area contributed by atoms with Gasteiger partial charge in [-0.1, -0.05) is 29.8 Å². The highest BCUT2D eigenvalue weighted by molar-refractivity contribution is 9.10. The van der Waals surface area contributed by atoms with E-state index in [1.807, 2.05) is 19.9 Å². The maximum atomic E-state index is 14.4. The van der Waals surface area contributed by atoms with Gasteiger partial charge in [0.25, 0.3) is 11.5 Å². The second kappa shape index (κ2) is 9.71. The van der Waals surface area contributed by atoms with Crippen molar-refractivity contribution in [3.8, 4) is 0 Å². The third kappa shape index (κ3) is 6.40. The van der Waals surface area contributed by atoms with Crippen molar-refractivity contribution in [2.75, 3.05) is 0 Å². The summed E-state index contributed by atoms with van der Waals surface area (Å²) in [5, 5.41) is 8.07. The summed E-state index contributed by atoms with van der Waals surface area (Å²) in [6, 6.07) is 4.28. The summed E-state index contributed by atoms with van der Waals surface area (Å²) in [6.07, 6.45) is -1.15. The highest BCUT2D eigenvalue weighted by atomic mass is 79.9. The number of nitrogens with zero attached hydrogens (tertiary/aromatic N) is 2. The molecular formula is C24H30BrF2N3O4. The number of amides is 1. The lowest BCUT2D eigenvalue weighted by molar-refractivity contribution is -0.168. The van der Waals surface area contributed by atoms with E-state index in [0.717, 1.165) is 9.15 Å². The number of rotatable bonds is 5. The van der Waals surface area contributed by atoms with Crippen molar-refractivity contribution in [2.24, 2.45) is 5.92 Å². The number of fused-ring (bicyclic) bond motifs is 1. The molecule has 7 nitrogen and oxygen atoms in total. The Morgan fingerprint density at radius 2 is 1.94 bits per heavy atom.